The van der Waals surface area contributed by atoms with Crippen molar-refractivity contribution in [2.24, 2.45) is 0 Å². The van der Waals surface area contributed by atoms with E-state index in [9.17, 15) is 4.79 Å². The number of hydrogen-bond donors (Lipinski definition) is 1. The number of rotatable bonds is 1. The molecule has 1 aromatic rings. The Morgan fingerprint density at radius 2 is 1.85 bits per heavy atom. The first-order valence-corrected chi connectivity index (χ1v) is 7.01. The summed E-state index contributed by atoms with van der Waals surface area (Å²) in [6.45, 7) is 11.1. The Bertz CT molecular complexity index is 451. The Labute approximate surface area is 128 Å². The van der Waals surface area contributed by atoms with E-state index in [2.05, 4.69) is 45.1 Å². The molecule has 1 heterocycles. The first-order chi connectivity index (χ1) is 8.88. The number of hydrogen-bond acceptors (Lipinski definition) is 2. The molecular weight excluding hydrogens is 272 g/mol. The summed E-state index contributed by atoms with van der Waals surface area (Å²) in [4.78, 5) is 14.3. The topological polar surface area (TPSA) is 32.3 Å². The molecule has 0 spiro atoms. The quantitative estimate of drug-likeness (QED) is 0.864. The molecule has 1 N–H and O–H groups in total. The molecule has 2 rings (SSSR count). The van der Waals surface area contributed by atoms with Crippen molar-refractivity contribution in [3.8, 4) is 0 Å². The van der Waals surface area contributed by atoms with Crippen molar-refractivity contribution in [1.82, 2.24) is 10.2 Å². The van der Waals surface area contributed by atoms with Crippen LogP contribution < -0.4 is 5.32 Å². The van der Waals surface area contributed by atoms with Gasteiger partial charge in [-0.1, -0.05) is 32.9 Å². The van der Waals surface area contributed by atoms with Gasteiger partial charge in [-0.25, -0.2) is 0 Å². The van der Waals surface area contributed by atoms with E-state index in [0.29, 0.717) is 6.04 Å². The Morgan fingerprint density at radius 3 is 2.35 bits per heavy atom. The van der Waals surface area contributed by atoms with Crippen LogP contribution in [0.5, 0.6) is 0 Å². The third-order valence-electron chi connectivity index (χ3n) is 3.65. The van der Waals surface area contributed by atoms with Crippen LogP contribution in [0.2, 0.25) is 0 Å². The van der Waals surface area contributed by atoms with Gasteiger partial charge in [-0.2, -0.15) is 0 Å². The van der Waals surface area contributed by atoms with Crippen molar-refractivity contribution in [2.75, 3.05) is 19.6 Å². The number of amides is 1. The van der Waals surface area contributed by atoms with Crippen molar-refractivity contribution < 1.29 is 4.79 Å². The van der Waals surface area contributed by atoms with Gasteiger partial charge in [-0.15, -0.1) is 12.4 Å². The average Bonchev–Trinajstić information content (AvgIpc) is 2.37. The fraction of sp³-hybridized carbons (Fsp3) is 0.562. The van der Waals surface area contributed by atoms with Gasteiger partial charge in [-0.3, -0.25) is 4.79 Å². The zero-order valence-electron chi connectivity index (χ0n) is 12.8. The molecule has 0 radical (unpaired) electrons. The van der Waals surface area contributed by atoms with Crippen LogP contribution in [0.3, 0.4) is 0 Å². The van der Waals surface area contributed by atoms with E-state index in [0.717, 1.165) is 25.2 Å². The lowest BCUT2D eigenvalue weighted by Gasteiger charge is -2.32. The molecule has 0 aromatic heterocycles. The second-order valence-corrected chi connectivity index (χ2v) is 6.43. The predicted octanol–water partition coefficient (Wildman–Crippen LogP) is 2.84. The van der Waals surface area contributed by atoms with E-state index >= 15 is 0 Å². The summed E-state index contributed by atoms with van der Waals surface area (Å²) in [6, 6.07) is 8.43. The van der Waals surface area contributed by atoms with Gasteiger partial charge in [0.1, 0.15) is 0 Å². The van der Waals surface area contributed by atoms with Crippen molar-refractivity contribution in [1.29, 1.82) is 0 Å². The largest absolute Gasteiger partial charge is 0.336 e. The van der Waals surface area contributed by atoms with Crippen molar-refractivity contribution in [3.63, 3.8) is 0 Å². The SMILES string of the molecule is C[C@H]1CN(C(=O)c2ccc(C(C)(C)C)cc2)CCN1.Cl. The third kappa shape index (κ3) is 3.97. The molecule has 20 heavy (non-hydrogen) atoms. The number of carbonyl (C=O) groups is 1. The molecule has 1 atom stereocenters. The van der Waals surface area contributed by atoms with Gasteiger partial charge in [0.05, 0.1) is 0 Å². The van der Waals surface area contributed by atoms with Crippen LogP contribution in [0.15, 0.2) is 24.3 Å². The first kappa shape index (κ1) is 17.0. The molecule has 1 aromatic carbocycles. The van der Waals surface area contributed by atoms with E-state index in [1.165, 1.54) is 5.56 Å². The smallest absolute Gasteiger partial charge is 0.253 e. The molecule has 3 nitrogen and oxygen atoms in total. The fourth-order valence-electron chi connectivity index (χ4n) is 2.41. The summed E-state index contributed by atoms with van der Waals surface area (Å²) in [5.74, 6) is 0.147. The normalized spacial score (nSPS) is 19.4. The second-order valence-electron chi connectivity index (χ2n) is 6.43. The highest BCUT2D eigenvalue weighted by Gasteiger charge is 2.22. The molecular formula is C16H25ClN2O. The number of benzene rings is 1. The zero-order valence-corrected chi connectivity index (χ0v) is 13.6. The van der Waals surface area contributed by atoms with Crippen molar-refractivity contribution >= 4 is 18.3 Å². The third-order valence-corrected chi connectivity index (χ3v) is 3.65. The van der Waals surface area contributed by atoms with Gasteiger partial charge in [0.25, 0.3) is 5.91 Å². The van der Waals surface area contributed by atoms with Gasteiger partial charge in [0.2, 0.25) is 0 Å². The Balaban J connectivity index is 0.00000200. The molecule has 1 fully saturated rings. The number of nitrogens with one attached hydrogen (secondary N) is 1. The van der Waals surface area contributed by atoms with Crippen LogP contribution >= 0.6 is 12.4 Å². The number of piperazine rings is 1. The second kappa shape index (κ2) is 6.59. The van der Waals surface area contributed by atoms with Gasteiger partial charge < -0.3 is 10.2 Å². The first-order valence-electron chi connectivity index (χ1n) is 7.01. The van der Waals surface area contributed by atoms with Crippen molar-refractivity contribution in [3.05, 3.63) is 35.4 Å². The monoisotopic (exact) mass is 296 g/mol. The number of nitrogens with zero attached hydrogens (tertiary/aromatic N) is 1. The standard InChI is InChI=1S/C16H24N2O.ClH/c1-12-11-18(10-9-17-12)15(19)13-5-7-14(8-6-13)16(2,3)4;/h5-8,12,17H,9-11H2,1-4H3;1H/t12-;/m0./s1. The fourth-order valence-corrected chi connectivity index (χ4v) is 2.41. The van der Waals surface area contributed by atoms with Crippen LogP contribution in [-0.2, 0) is 5.41 Å². The highest BCUT2D eigenvalue weighted by atomic mass is 35.5. The highest BCUT2D eigenvalue weighted by Crippen LogP contribution is 2.22. The molecule has 4 heteroatoms. The minimum atomic E-state index is 0. The number of halogens is 1. The summed E-state index contributed by atoms with van der Waals surface area (Å²) in [6.07, 6.45) is 0. The molecule has 1 saturated heterocycles. The Morgan fingerprint density at radius 1 is 1.25 bits per heavy atom. The average molecular weight is 297 g/mol. The molecule has 0 aliphatic carbocycles. The molecule has 0 unspecified atom stereocenters. The van der Waals surface area contributed by atoms with E-state index in [4.69, 9.17) is 0 Å². The minimum absolute atomic E-state index is 0. The van der Waals surface area contributed by atoms with Gasteiger partial charge in [0, 0.05) is 31.2 Å². The lowest BCUT2D eigenvalue weighted by Crippen LogP contribution is -2.51. The maximum atomic E-state index is 12.4. The van der Waals surface area contributed by atoms with Crippen LogP contribution in [0.1, 0.15) is 43.6 Å². The van der Waals surface area contributed by atoms with E-state index in [1.54, 1.807) is 0 Å². The van der Waals surface area contributed by atoms with Crippen LogP contribution in [-0.4, -0.2) is 36.5 Å². The number of carbonyl (C=O) groups excluding carboxylic acids is 1. The summed E-state index contributed by atoms with van der Waals surface area (Å²) in [5.41, 5.74) is 2.19. The molecule has 0 saturated carbocycles. The Hall–Kier alpha value is -1.06. The summed E-state index contributed by atoms with van der Waals surface area (Å²) < 4.78 is 0. The van der Waals surface area contributed by atoms with Gasteiger partial charge in [-0.05, 0) is 30.0 Å². The molecule has 1 aliphatic heterocycles. The summed E-state index contributed by atoms with van der Waals surface area (Å²) >= 11 is 0. The maximum Gasteiger partial charge on any atom is 0.253 e. The summed E-state index contributed by atoms with van der Waals surface area (Å²) in [5, 5.41) is 3.35. The highest BCUT2D eigenvalue weighted by molar-refractivity contribution is 5.94. The van der Waals surface area contributed by atoms with Crippen LogP contribution in [0.25, 0.3) is 0 Å². The van der Waals surface area contributed by atoms with E-state index in [1.807, 2.05) is 17.0 Å². The summed E-state index contributed by atoms with van der Waals surface area (Å²) in [7, 11) is 0. The lowest BCUT2D eigenvalue weighted by molar-refractivity contribution is 0.0709. The Kier molecular flexibility index (Phi) is 5.60. The predicted molar refractivity (Wildman–Crippen MR) is 85.8 cm³/mol. The molecule has 1 aliphatic rings. The minimum Gasteiger partial charge on any atom is -0.336 e. The van der Waals surface area contributed by atoms with Gasteiger partial charge in [0.15, 0.2) is 0 Å². The molecule has 1 amide bonds. The molecule has 0 bridgehead atoms. The lowest BCUT2D eigenvalue weighted by atomic mass is 9.86. The van der Waals surface area contributed by atoms with E-state index in [-0.39, 0.29) is 23.7 Å². The molecule has 112 valence electrons. The van der Waals surface area contributed by atoms with Crippen LogP contribution in [0.4, 0.5) is 0 Å². The van der Waals surface area contributed by atoms with E-state index < -0.39 is 0 Å². The zero-order chi connectivity index (χ0) is 14.0. The maximum absolute atomic E-state index is 12.4. The van der Waals surface area contributed by atoms with Crippen molar-refractivity contribution in [2.45, 2.75) is 39.2 Å². The van der Waals surface area contributed by atoms with Gasteiger partial charge >= 0.3 is 0 Å². The van der Waals surface area contributed by atoms with Crippen LogP contribution in [0, 0.1) is 0 Å².